The van der Waals surface area contributed by atoms with Gasteiger partial charge in [0.05, 0.1) is 19.1 Å². The third kappa shape index (κ3) is 3.00. The summed E-state index contributed by atoms with van der Waals surface area (Å²) in [6.45, 7) is 0. The number of benzene rings is 2. The monoisotopic (exact) mass is 287 g/mol. The van der Waals surface area contributed by atoms with Crippen LogP contribution in [0.1, 0.15) is 10.4 Å². The van der Waals surface area contributed by atoms with Crippen LogP contribution in [0.15, 0.2) is 42.5 Å². The molecule has 21 heavy (non-hydrogen) atoms. The topological polar surface area (TPSA) is 78.7 Å². The van der Waals surface area contributed by atoms with Crippen LogP contribution in [0.2, 0.25) is 0 Å². The van der Waals surface area contributed by atoms with Crippen molar-refractivity contribution in [3.8, 4) is 16.9 Å². The molecule has 0 unspecified atom stereocenters. The van der Waals surface area contributed by atoms with E-state index in [1.807, 2.05) is 0 Å². The number of carbonyl (C=O) groups excluding carboxylic acids is 1. The molecular weight excluding hydrogens is 274 g/mol. The summed E-state index contributed by atoms with van der Waals surface area (Å²) in [5.41, 5.74) is 1.82. The SMILES string of the molecule is COC(=O)c1cc(-c2ccc([N+](=O)[O-])cc2)ccc1OC. The fraction of sp³-hybridized carbons (Fsp3) is 0.133. The van der Waals surface area contributed by atoms with E-state index < -0.39 is 10.9 Å². The molecule has 0 fully saturated rings. The number of rotatable bonds is 4. The molecule has 0 N–H and O–H groups in total. The highest BCUT2D eigenvalue weighted by Crippen LogP contribution is 2.28. The Morgan fingerprint density at radius 1 is 1.05 bits per heavy atom. The summed E-state index contributed by atoms with van der Waals surface area (Å²) in [7, 11) is 2.76. The largest absolute Gasteiger partial charge is 0.496 e. The average molecular weight is 287 g/mol. The van der Waals surface area contributed by atoms with Crippen LogP contribution in [0, 0.1) is 10.1 Å². The first kappa shape index (κ1) is 14.5. The molecule has 6 nitrogen and oxygen atoms in total. The highest BCUT2D eigenvalue weighted by molar-refractivity contribution is 5.94. The lowest BCUT2D eigenvalue weighted by molar-refractivity contribution is -0.384. The highest BCUT2D eigenvalue weighted by atomic mass is 16.6. The van der Waals surface area contributed by atoms with Gasteiger partial charge < -0.3 is 9.47 Å². The molecule has 0 atom stereocenters. The van der Waals surface area contributed by atoms with E-state index in [2.05, 4.69) is 0 Å². The zero-order chi connectivity index (χ0) is 15.4. The molecule has 6 heteroatoms. The fourth-order valence-electron chi connectivity index (χ4n) is 1.93. The van der Waals surface area contributed by atoms with Gasteiger partial charge in [0.2, 0.25) is 0 Å². The number of nitro benzene ring substituents is 1. The van der Waals surface area contributed by atoms with Crippen molar-refractivity contribution >= 4 is 11.7 Å². The first-order chi connectivity index (χ1) is 10.1. The van der Waals surface area contributed by atoms with Gasteiger partial charge in [-0.25, -0.2) is 4.79 Å². The number of nitrogens with zero attached hydrogens (tertiary/aromatic N) is 1. The zero-order valence-electron chi connectivity index (χ0n) is 11.5. The number of nitro groups is 1. The third-order valence-electron chi connectivity index (χ3n) is 3.02. The minimum absolute atomic E-state index is 0.0143. The van der Waals surface area contributed by atoms with Crippen molar-refractivity contribution in [3.05, 3.63) is 58.1 Å². The van der Waals surface area contributed by atoms with Gasteiger partial charge in [-0.2, -0.15) is 0 Å². The number of methoxy groups -OCH3 is 2. The Balaban J connectivity index is 2.44. The van der Waals surface area contributed by atoms with Gasteiger partial charge in [0, 0.05) is 12.1 Å². The maximum atomic E-state index is 11.7. The van der Waals surface area contributed by atoms with E-state index in [0.29, 0.717) is 11.3 Å². The van der Waals surface area contributed by atoms with E-state index in [1.54, 1.807) is 30.3 Å². The van der Waals surface area contributed by atoms with Crippen molar-refractivity contribution in [1.82, 2.24) is 0 Å². The summed E-state index contributed by atoms with van der Waals surface area (Å²) in [6.07, 6.45) is 0. The van der Waals surface area contributed by atoms with Crippen molar-refractivity contribution in [2.24, 2.45) is 0 Å². The molecule has 0 aliphatic rings. The van der Waals surface area contributed by atoms with Gasteiger partial charge in [0.15, 0.2) is 0 Å². The molecule has 2 aromatic carbocycles. The molecule has 0 aromatic heterocycles. The average Bonchev–Trinajstić information content (AvgIpc) is 2.53. The van der Waals surface area contributed by atoms with Crippen LogP contribution in [-0.4, -0.2) is 25.1 Å². The highest BCUT2D eigenvalue weighted by Gasteiger charge is 2.14. The van der Waals surface area contributed by atoms with Crippen molar-refractivity contribution in [1.29, 1.82) is 0 Å². The van der Waals surface area contributed by atoms with Crippen molar-refractivity contribution in [2.45, 2.75) is 0 Å². The van der Waals surface area contributed by atoms with E-state index in [1.165, 1.54) is 26.4 Å². The Labute approximate surface area is 121 Å². The number of non-ortho nitro benzene ring substituents is 1. The van der Waals surface area contributed by atoms with Gasteiger partial charge in [0.25, 0.3) is 5.69 Å². The van der Waals surface area contributed by atoms with E-state index in [0.717, 1.165) is 11.1 Å². The van der Waals surface area contributed by atoms with Crippen LogP contribution in [0.3, 0.4) is 0 Å². The van der Waals surface area contributed by atoms with Crippen molar-refractivity contribution in [3.63, 3.8) is 0 Å². The Bertz CT molecular complexity index is 679. The molecule has 2 aromatic rings. The van der Waals surface area contributed by atoms with Gasteiger partial charge in [-0.05, 0) is 35.4 Å². The van der Waals surface area contributed by atoms with Gasteiger partial charge >= 0.3 is 5.97 Å². The predicted molar refractivity (Wildman–Crippen MR) is 76.4 cm³/mol. The van der Waals surface area contributed by atoms with Gasteiger partial charge in [-0.15, -0.1) is 0 Å². The zero-order valence-corrected chi connectivity index (χ0v) is 11.5. The minimum atomic E-state index is -0.504. The Hall–Kier alpha value is -2.89. The number of ether oxygens (including phenoxy) is 2. The summed E-state index contributed by atoms with van der Waals surface area (Å²) in [4.78, 5) is 21.9. The van der Waals surface area contributed by atoms with E-state index in [9.17, 15) is 14.9 Å². The first-order valence-electron chi connectivity index (χ1n) is 6.08. The van der Waals surface area contributed by atoms with Crippen LogP contribution in [0.25, 0.3) is 11.1 Å². The molecule has 0 radical (unpaired) electrons. The number of hydrogen-bond acceptors (Lipinski definition) is 5. The quantitative estimate of drug-likeness (QED) is 0.490. The maximum Gasteiger partial charge on any atom is 0.341 e. The van der Waals surface area contributed by atoms with Gasteiger partial charge in [-0.3, -0.25) is 10.1 Å². The predicted octanol–water partition coefficient (Wildman–Crippen LogP) is 3.06. The summed E-state index contributed by atoms with van der Waals surface area (Å²) in [5, 5.41) is 10.6. The normalized spacial score (nSPS) is 10.0. The molecule has 0 saturated heterocycles. The van der Waals surface area contributed by atoms with Crippen molar-refractivity contribution in [2.75, 3.05) is 14.2 Å². The van der Waals surface area contributed by atoms with E-state index in [4.69, 9.17) is 9.47 Å². The molecule has 0 amide bonds. The molecule has 0 saturated carbocycles. The number of esters is 1. The molecular formula is C15H13NO5. The van der Waals surface area contributed by atoms with Crippen LogP contribution in [0.4, 0.5) is 5.69 Å². The number of carbonyl (C=O) groups is 1. The van der Waals surface area contributed by atoms with Crippen molar-refractivity contribution < 1.29 is 19.2 Å². The summed E-state index contributed by atoms with van der Waals surface area (Å²) in [6, 6.07) is 11.1. The van der Waals surface area contributed by atoms with Crippen LogP contribution in [0.5, 0.6) is 5.75 Å². The Morgan fingerprint density at radius 2 is 1.67 bits per heavy atom. The molecule has 0 bridgehead atoms. The van der Waals surface area contributed by atoms with Crippen LogP contribution < -0.4 is 4.74 Å². The van der Waals surface area contributed by atoms with Crippen LogP contribution >= 0.6 is 0 Å². The smallest absolute Gasteiger partial charge is 0.341 e. The third-order valence-corrected chi connectivity index (χ3v) is 3.02. The first-order valence-corrected chi connectivity index (χ1v) is 6.08. The minimum Gasteiger partial charge on any atom is -0.496 e. The lowest BCUT2D eigenvalue weighted by Crippen LogP contribution is -2.04. The lowest BCUT2D eigenvalue weighted by Gasteiger charge is -2.09. The molecule has 108 valence electrons. The van der Waals surface area contributed by atoms with E-state index in [-0.39, 0.29) is 5.69 Å². The Morgan fingerprint density at radius 3 is 2.19 bits per heavy atom. The molecule has 0 spiro atoms. The fourth-order valence-corrected chi connectivity index (χ4v) is 1.93. The van der Waals surface area contributed by atoms with Crippen LogP contribution in [-0.2, 0) is 4.74 Å². The second kappa shape index (κ2) is 6.04. The summed E-state index contributed by atoms with van der Waals surface area (Å²) >= 11 is 0. The molecule has 0 aliphatic heterocycles. The summed E-state index contributed by atoms with van der Waals surface area (Å²) in [5.74, 6) is -0.0943. The summed E-state index contributed by atoms with van der Waals surface area (Å²) < 4.78 is 9.83. The lowest BCUT2D eigenvalue weighted by atomic mass is 10.0. The van der Waals surface area contributed by atoms with Gasteiger partial charge in [-0.1, -0.05) is 6.07 Å². The maximum absolute atomic E-state index is 11.7. The second-order valence-corrected chi connectivity index (χ2v) is 4.21. The van der Waals surface area contributed by atoms with E-state index >= 15 is 0 Å². The Kier molecular flexibility index (Phi) is 4.18. The second-order valence-electron chi connectivity index (χ2n) is 4.21. The molecule has 2 rings (SSSR count). The molecule has 0 heterocycles. The van der Waals surface area contributed by atoms with Gasteiger partial charge in [0.1, 0.15) is 11.3 Å². The molecule has 0 aliphatic carbocycles. The number of hydrogen-bond donors (Lipinski definition) is 0. The standard InChI is InChI=1S/C15H13NO5/c1-20-14-8-5-11(9-13(14)15(17)21-2)10-3-6-12(7-4-10)16(18)19/h3-9H,1-2H3.